The molecule has 3 aromatic rings. The molecule has 0 spiro atoms. The maximum Gasteiger partial charge on any atom is 0.419 e. The first-order valence-electron chi connectivity index (χ1n) is 9.87. The van der Waals surface area contributed by atoms with Gasteiger partial charge in [-0.1, -0.05) is 29.4 Å². The minimum absolute atomic E-state index is 0. The number of hydrogen-bond acceptors (Lipinski definition) is 6. The summed E-state index contributed by atoms with van der Waals surface area (Å²) in [6.07, 6.45) is -4.98. The fourth-order valence-corrected chi connectivity index (χ4v) is 2.90. The topological polar surface area (TPSA) is 97.5 Å². The van der Waals surface area contributed by atoms with E-state index in [0.717, 1.165) is 11.6 Å². The van der Waals surface area contributed by atoms with Crippen molar-refractivity contribution in [1.29, 1.82) is 0 Å². The van der Waals surface area contributed by atoms with Gasteiger partial charge in [-0.2, -0.15) is 18.2 Å². The molecule has 0 atom stereocenters. The van der Waals surface area contributed by atoms with Crippen molar-refractivity contribution in [3.63, 3.8) is 0 Å². The van der Waals surface area contributed by atoms with Crippen molar-refractivity contribution >= 4 is 18.4 Å². The first kappa shape index (κ1) is 26.1. The molecule has 0 radical (unpaired) electrons. The fourth-order valence-electron chi connectivity index (χ4n) is 2.90. The first-order valence-corrected chi connectivity index (χ1v) is 9.87. The number of halogens is 4. The summed E-state index contributed by atoms with van der Waals surface area (Å²) in [6, 6.07) is 10.8. The van der Waals surface area contributed by atoms with Crippen LogP contribution in [0.5, 0.6) is 5.75 Å². The Bertz CT molecular complexity index is 1070. The van der Waals surface area contributed by atoms with Gasteiger partial charge in [-0.15, -0.1) is 12.4 Å². The SMILES string of the molecule is CC(C)Oc1ccc(-c2nc(-c3ccc(CNCCC(=O)O)cc3)no2)cc1C(F)(F)F.Cl. The minimum atomic E-state index is -4.60. The molecule has 0 aliphatic heterocycles. The lowest BCUT2D eigenvalue weighted by molar-refractivity contribution is -0.139. The van der Waals surface area contributed by atoms with Crippen LogP contribution in [-0.2, 0) is 17.5 Å². The van der Waals surface area contributed by atoms with Gasteiger partial charge in [-0.25, -0.2) is 0 Å². The molecule has 2 aromatic carbocycles. The second kappa shape index (κ2) is 11.2. The molecule has 0 unspecified atom stereocenters. The van der Waals surface area contributed by atoms with Gasteiger partial charge in [0.25, 0.3) is 5.89 Å². The maximum atomic E-state index is 13.5. The molecule has 7 nitrogen and oxygen atoms in total. The summed E-state index contributed by atoms with van der Waals surface area (Å²) in [6.45, 7) is 4.15. The second-order valence-corrected chi connectivity index (χ2v) is 7.32. The molecule has 1 heterocycles. The zero-order valence-electron chi connectivity index (χ0n) is 17.8. The number of carboxylic acid groups (broad SMARTS) is 1. The highest BCUT2D eigenvalue weighted by Crippen LogP contribution is 2.39. The van der Waals surface area contributed by atoms with Crippen molar-refractivity contribution in [2.24, 2.45) is 0 Å². The average molecular weight is 486 g/mol. The van der Waals surface area contributed by atoms with E-state index in [2.05, 4.69) is 15.5 Å². The van der Waals surface area contributed by atoms with E-state index in [9.17, 15) is 18.0 Å². The molecular formula is C22H23ClF3N3O4. The predicted octanol–water partition coefficient (Wildman–Crippen LogP) is 5.20. The summed E-state index contributed by atoms with van der Waals surface area (Å²) in [5, 5.41) is 15.5. The van der Waals surface area contributed by atoms with Crippen LogP contribution < -0.4 is 10.1 Å². The summed E-state index contributed by atoms with van der Waals surface area (Å²) in [5.41, 5.74) is 0.776. The molecule has 0 saturated carbocycles. The van der Waals surface area contributed by atoms with Crippen molar-refractivity contribution in [1.82, 2.24) is 15.5 Å². The lowest BCUT2D eigenvalue weighted by atomic mass is 10.1. The quantitative estimate of drug-likeness (QED) is 0.402. The van der Waals surface area contributed by atoms with Gasteiger partial charge in [0.05, 0.1) is 18.1 Å². The van der Waals surface area contributed by atoms with Gasteiger partial charge in [0, 0.05) is 24.2 Å². The first-order chi connectivity index (χ1) is 15.1. The van der Waals surface area contributed by atoms with Crippen LogP contribution in [0.25, 0.3) is 22.8 Å². The standard InChI is InChI=1S/C22H22F3N3O4.ClH/c1-13(2)31-18-8-7-16(11-17(18)22(23,24)25)21-27-20(28-32-21)15-5-3-14(4-6-15)12-26-10-9-19(29)30;/h3-8,11,13,26H,9-10,12H2,1-2H3,(H,29,30);1H. The third-order valence-electron chi connectivity index (χ3n) is 4.38. The second-order valence-electron chi connectivity index (χ2n) is 7.32. The van der Waals surface area contributed by atoms with Crippen LogP contribution in [0.4, 0.5) is 13.2 Å². The summed E-state index contributed by atoms with van der Waals surface area (Å²) in [4.78, 5) is 14.7. The van der Waals surface area contributed by atoms with E-state index in [-0.39, 0.29) is 41.9 Å². The number of carbonyl (C=O) groups is 1. The molecule has 1 aromatic heterocycles. The molecule has 0 aliphatic rings. The van der Waals surface area contributed by atoms with Crippen LogP contribution in [0.15, 0.2) is 47.0 Å². The number of rotatable bonds is 9. The number of nitrogens with one attached hydrogen (secondary N) is 1. The van der Waals surface area contributed by atoms with E-state index in [1.807, 2.05) is 12.1 Å². The van der Waals surface area contributed by atoms with Crippen molar-refractivity contribution < 1.29 is 32.3 Å². The minimum Gasteiger partial charge on any atom is -0.490 e. The van der Waals surface area contributed by atoms with Crippen LogP contribution in [0.3, 0.4) is 0 Å². The summed E-state index contributed by atoms with van der Waals surface area (Å²) in [5.74, 6) is -0.934. The van der Waals surface area contributed by atoms with Crippen molar-refractivity contribution in [2.75, 3.05) is 6.54 Å². The number of alkyl halides is 3. The Kier molecular flexibility index (Phi) is 8.84. The fraction of sp³-hybridized carbons (Fsp3) is 0.318. The Balaban J connectivity index is 0.00000385. The Morgan fingerprint density at radius 1 is 1.15 bits per heavy atom. The van der Waals surface area contributed by atoms with E-state index < -0.39 is 23.8 Å². The van der Waals surface area contributed by atoms with Gasteiger partial charge in [0.15, 0.2) is 0 Å². The highest BCUT2D eigenvalue weighted by atomic mass is 35.5. The Morgan fingerprint density at radius 3 is 2.42 bits per heavy atom. The number of hydrogen-bond donors (Lipinski definition) is 2. The van der Waals surface area contributed by atoms with E-state index >= 15 is 0 Å². The number of ether oxygens (including phenoxy) is 1. The normalized spacial score (nSPS) is 11.3. The smallest absolute Gasteiger partial charge is 0.419 e. The number of aromatic nitrogens is 2. The van der Waals surface area contributed by atoms with E-state index in [1.54, 1.807) is 26.0 Å². The zero-order valence-corrected chi connectivity index (χ0v) is 18.7. The largest absolute Gasteiger partial charge is 0.490 e. The molecule has 0 saturated heterocycles. The third kappa shape index (κ3) is 7.19. The van der Waals surface area contributed by atoms with Crippen LogP contribution in [0.2, 0.25) is 0 Å². The van der Waals surface area contributed by atoms with Gasteiger partial charge in [0.2, 0.25) is 5.82 Å². The third-order valence-corrected chi connectivity index (χ3v) is 4.38. The molecule has 178 valence electrons. The highest BCUT2D eigenvalue weighted by molar-refractivity contribution is 5.85. The monoisotopic (exact) mass is 485 g/mol. The molecule has 0 aliphatic carbocycles. The van der Waals surface area contributed by atoms with Gasteiger partial charge < -0.3 is 19.7 Å². The Labute approximate surface area is 194 Å². The van der Waals surface area contributed by atoms with Crippen LogP contribution in [0.1, 0.15) is 31.4 Å². The predicted molar refractivity (Wildman–Crippen MR) is 117 cm³/mol. The lowest BCUT2D eigenvalue weighted by Gasteiger charge is -2.16. The lowest BCUT2D eigenvalue weighted by Crippen LogP contribution is -2.17. The van der Waals surface area contributed by atoms with Gasteiger partial charge in [-0.3, -0.25) is 4.79 Å². The number of benzene rings is 2. The van der Waals surface area contributed by atoms with Crippen LogP contribution in [0, 0.1) is 0 Å². The van der Waals surface area contributed by atoms with E-state index in [1.165, 1.54) is 12.1 Å². The van der Waals surface area contributed by atoms with Crippen molar-refractivity contribution in [3.8, 4) is 28.6 Å². The van der Waals surface area contributed by atoms with Crippen LogP contribution >= 0.6 is 12.4 Å². The van der Waals surface area contributed by atoms with Gasteiger partial charge in [-0.05, 0) is 37.6 Å². The van der Waals surface area contributed by atoms with E-state index in [4.69, 9.17) is 14.4 Å². The summed E-state index contributed by atoms with van der Waals surface area (Å²) < 4.78 is 50.9. The zero-order chi connectivity index (χ0) is 23.3. The van der Waals surface area contributed by atoms with Crippen molar-refractivity contribution in [2.45, 2.75) is 39.1 Å². The van der Waals surface area contributed by atoms with Gasteiger partial charge >= 0.3 is 12.1 Å². The molecule has 0 fully saturated rings. The summed E-state index contributed by atoms with van der Waals surface area (Å²) >= 11 is 0. The number of carboxylic acids is 1. The molecule has 0 bridgehead atoms. The molecule has 2 N–H and O–H groups in total. The van der Waals surface area contributed by atoms with E-state index in [0.29, 0.717) is 18.7 Å². The molecule has 0 amide bonds. The molecule has 11 heteroatoms. The highest BCUT2D eigenvalue weighted by Gasteiger charge is 2.35. The molecule has 3 rings (SSSR count). The Hall–Kier alpha value is -3.11. The Morgan fingerprint density at radius 2 is 1.82 bits per heavy atom. The van der Waals surface area contributed by atoms with Crippen LogP contribution in [-0.4, -0.2) is 33.9 Å². The average Bonchev–Trinajstić information content (AvgIpc) is 3.21. The van der Waals surface area contributed by atoms with Gasteiger partial charge in [0.1, 0.15) is 5.75 Å². The maximum absolute atomic E-state index is 13.5. The molecule has 33 heavy (non-hydrogen) atoms. The number of aliphatic carboxylic acids is 1. The number of nitrogens with zero attached hydrogens (tertiary/aromatic N) is 2. The van der Waals surface area contributed by atoms with Crippen molar-refractivity contribution in [3.05, 3.63) is 53.6 Å². The summed E-state index contributed by atoms with van der Waals surface area (Å²) in [7, 11) is 0. The molecular weight excluding hydrogens is 463 g/mol.